The van der Waals surface area contributed by atoms with Gasteiger partial charge in [0, 0.05) is 11.6 Å². The SMILES string of the molecule is CC[C@H](Oc1cccc(Cl)c1)C(=O)NCCCc1ccc(OC)cc1. The highest BCUT2D eigenvalue weighted by Crippen LogP contribution is 2.19. The molecule has 1 amide bonds. The van der Waals surface area contributed by atoms with Gasteiger partial charge in [-0.1, -0.05) is 36.7 Å². The van der Waals surface area contributed by atoms with Crippen molar-refractivity contribution in [2.75, 3.05) is 13.7 Å². The number of methoxy groups -OCH3 is 1. The molecule has 134 valence electrons. The van der Waals surface area contributed by atoms with Crippen molar-refractivity contribution in [1.29, 1.82) is 0 Å². The molecule has 0 saturated carbocycles. The molecule has 0 aliphatic heterocycles. The molecule has 0 aliphatic carbocycles. The molecule has 0 heterocycles. The summed E-state index contributed by atoms with van der Waals surface area (Å²) >= 11 is 5.94. The van der Waals surface area contributed by atoms with Crippen LogP contribution in [0.3, 0.4) is 0 Å². The molecule has 25 heavy (non-hydrogen) atoms. The Hall–Kier alpha value is -2.20. The predicted octanol–water partition coefficient (Wildman–Crippen LogP) is 4.26. The highest BCUT2D eigenvalue weighted by Gasteiger charge is 2.17. The van der Waals surface area contributed by atoms with Crippen molar-refractivity contribution < 1.29 is 14.3 Å². The summed E-state index contributed by atoms with van der Waals surface area (Å²) in [4.78, 5) is 12.3. The van der Waals surface area contributed by atoms with E-state index in [1.165, 1.54) is 5.56 Å². The quantitative estimate of drug-likeness (QED) is 0.679. The van der Waals surface area contributed by atoms with Gasteiger partial charge in [0.1, 0.15) is 11.5 Å². The van der Waals surface area contributed by atoms with Crippen molar-refractivity contribution in [2.45, 2.75) is 32.3 Å². The van der Waals surface area contributed by atoms with Gasteiger partial charge in [-0.2, -0.15) is 0 Å². The second kappa shape index (κ2) is 9.94. The lowest BCUT2D eigenvalue weighted by Crippen LogP contribution is -2.38. The average molecular weight is 362 g/mol. The van der Waals surface area contributed by atoms with E-state index < -0.39 is 6.10 Å². The van der Waals surface area contributed by atoms with Crippen LogP contribution in [0.4, 0.5) is 0 Å². The molecule has 2 aromatic carbocycles. The van der Waals surface area contributed by atoms with E-state index in [0.717, 1.165) is 18.6 Å². The Morgan fingerprint density at radius 2 is 1.92 bits per heavy atom. The minimum atomic E-state index is -0.514. The van der Waals surface area contributed by atoms with Gasteiger partial charge < -0.3 is 14.8 Å². The van der Waals surface area contributed by atoms with Crippen molar-refractivity contribution in [3.05, 3.63) is 59.1 Å². The van der Waals surface area contributed by atoms with E-state index in [9.17, 15) is 4.79 Å². The second-order valence-electron chi connectivity index (χ2n) is 5.71. The van der Waals surface area contributed by atoms with Crippen molar-refractivity contribution in [2.24, 2.45) is 0 Å². The largest absolute Gasteiger partial charge is 0.497 e. The molecule has 0 saturated heterocycles. The fourth-order valence-corrected chi connectivity index (χ4v) is 2.62. The van der Waals surface area contributed by atoms with Crippen molar-refractivity contribution in [1.82, 2.24) is 5.32 Å². The van der Waals surface area contributed by atoms with Crippen LogP contribution in [0, 0.1) is 0 Å². The van der Waals surface area contributed by atoms with E-state index >= 15 is 0 Å². The number of amides is 1. The Balaban J connectivity index is 1.75. The first kappa shape index (κ1) is 19.1. The lowest BCUT2D eigenvalue weighted by Gasteiger charge is -2.17. The van der Waals surface area contributed by atoms with E-state index in [2.05, 4.69) is 5.32 Å². The number of carbonyl (C=O) groups excluding carboxylic acids is 1. The number of aryl methyl sites for hydroxylation is 1. The monoisotopic (exact) mass is 361 g/mol. The Kier molecular flexibility index (Phi) is 7.61. The summed E-state index contributed by atoms with van der Waals surface area (Å²) in [5.41, 5.74) is 1.22. The van der Waals surface area contributed by atoms with Gasteiger partial charge in [-0.05, 0) is 55.2 Å². The Morgan fingerprint density at radius 1 is 1.16 bits per heavy atom. The van der Waals surface area contributed by atoms with E-state index in [1.54, 1.807) is 31.4 Å². The minimum absolute atomic E-state index is 0.0998. The predicted molar refractivity (Wildman–Crippen MR) is 100 cm³/mol. The highest BCUT2D eigenvalue weighted by atomic mass is 35.5. The summed E-state index contributed by atoms with van der Waals surface area (Å²) in [5, 5.41) is 3.53. The van der Waals surface area contributed by atoms with E-state index in [4.69, 9.17) is 21.1 Å². The molecule has 1 N–H and O–H groups in total. The first-order valence-electron chi connectivity index (χ1n) is 8.45. The first-order chi connectivity index (χ1) is 12.1. The number of benzene rings is 2. The fourth-order valence-electron chi connectivity index (χ4n) is 2.44. The Labute approximate surface area is 154 Å². The fraction of sp³-hybridized carbons (Fsp3) is 0.350. The van der Waals surface area contributed by atoms with Gasteiger partial charge in [-0.3, -0.25) is 4.79 Å². The topological polar surface area (TPSA) is 47.6 Å². The Bertz CT molecular complexity index is 673. The average Bonchev–Trinajstić information content (AvgIpc) is 2.63. The molecule has 5 heteroatoms. The van der Waals surface area contributed by atoms with Gasteiger partial charge in [-0.15, -0.1) is 0 Å². The minimum Gasteiger partial charge on any atom is -0.497 e. The van der Waals surface area contributed by atoms with Gasteiger partial charge in [0.25, 0.3) is 5.91 Å². The molecule has 0 unspecified atom stereocenters. The molecule has 2 aromatic rings. The summed E-state index contributed by atoms with van der Waals surface area (Å²) in [7, 11) is 1.65. The lowest BCUT2D eigenvalue weighted by atomic mass is 10.1. The molecule has 1 atom stereocenters. The third kappa shape index (κ3) is 6.31. The molecule has 0 aliphatic rings. The van der Waals surface area contributed by atoms with Gasteiger partial charge in [0.05, 0.1) is 7.11 Å². The highest BCUT2D eigenvalue weighted by molar-refractivity contribution is 6.30. The van der Waals surface area contributed by atoms with Gasteiger partial charge >= 0.3 is 0 Å². The molecule has 0 fully saturated rings. The van der Waals surface area contributed by atoms with E-state index in [0.29, 0.717) is 23.7 Å². The zero-order chi connectivity index (χ0) is 18.1. The molecule has 0 bridgehead atoms. The standard InChI is InChI=1S/C20H24ClNO3/c1-3-19(25-18-8-4-7-16(21)14-18)20(23)22-13-5-6-15-9-11-17(24-2)12-10-15/h4,7-12,14,19H,3,5-6,13H2,1-2H3,(H,22,23)/t19-/m0/s1. The summed E-state index contributed by atoms with van der Waals surface area (Å²) in [6.45, 7) is 2.53. The van der Waals surface area contributed by atoms with Crippen LogP contribution < -0.4 is 14.8 Å². The molecular weight excluding hydrogens is 338 g/mol. The maximum Gasteiger partial charge on any atom is 0.261 e. The summed E-state index contributed by atoms with van der Waals surface area (Å²) in [5.74, 6) is 1.35. The van der Waals surface area contributed by atoms with Crippen molar-refractivity contribution in [3.8, 4) is 11.5 Å². The van der Waals surface area contributed by atoms with E-state index in [1.807, 2.05) is 31.2 Å². The summed E-state index contributed by atoms with van der Waals surface area (Å²) in [6, 6.07) is 15.0. The Morgan fingerprint density at radius 3 is 2.56 bits per heavy atom. The number of carbonyl (C=O) groups is 1. The molecule has 0 radical (unpaired) electrons. The van der Waals surface area contributed by atoms with Gasteiger partial charge in [0.15, 0.2) is 6.10 Å². The van der Waals surface area contributed by atoms with E-state index in [-0.39, 0.29) is 5.91 Å². The van der Waals surface area contributed by atoms with Crippen LogP contribution >= 0.6 is 11.6 Å². The van der Waals surface area contributed by atoms with Gasteiger partial charge in [-0.25, -0.2) is 0 Å². The number of rotatable bonds is 9. The van der Waals surface area contributed by atoms with Gasteiger partial charge in [0.2, 0.25) is 0 Å². The number of nitrogens with one attached hydrogen (secondary N) is 1. The molecular formula is C20H24ClNO3. The molecule has 4 nitrogen and oxygen atoms in total. The first-order valence-corrected chi connectivity index (χ1v) is 8.83. The summed E-state index contributed by atoms with van der Waals surface area (Å²) in [6.07, 6.45) is 1.85. The number of hydrogen-bond acceptors (Lipinski definition) is 3. The summed E-state index contributed by atoms with van der Waals surface area (Å²) < 4.78 is 10.9. The number of halogens is 1. The van der Waals surface area contributed by atoms with Crippen LogP contribution in [-0.2, 0) is 11.2 Å². The van der Waals surface area contributed by atoms with Crippen LogP contribution in [0.2, 0.25) is 5.02 Å². The second-order valence-corrected chi connectivity index (χ2v) is 6.15. The maximum absolute atomic E-state index is 12.3. The molecule has 2 rings (SSSR count). The number of ether oxygens (including phenoxy) is 2. The third-order valence-electron chi connectivity index (χ3n) is 3.84. The molecule has 0 aromatic heterocycles. The lowest BCUT2D eigenvalue weighted by molar-refractivity contribution is -0.128. The van der Waals surface area contributed by atoms with Crippen LogP contribution in [0.25, 0.3) is 0 Å². The number of hydrogen-bond donors (Lipinski definition) is 1. The van der Waals surface area contributed by atoms with Crippen LogP contribution in [-0.4, -0.2) is 25.7 Å². The third-order valence-corrected chi connectivity index (χ3v) is 4.07. The zero-order valence-corrected chi connectivity index (χ0v) is 15.4. The maximum atomic E-state index is 12.3. The van der Waals surface area contributed by atoms with Crippen LogP contribution in [0.1, 0.15) is 25.3 Å². The van der Waals surface area contributed by atoms with Crippen LogP contribution in [0.15, 0.2) is 48.5 Å². The van der Waals surface area contributed by atoms with Crippen molar-refractivity contribution >= 4 is 17.5 Å². The van der Waals surface area contributed by atoms with Crippen molar-refractivity contribution in [3.63, 3.8) is 0 Å². The molecule has 0 spiro atoms. The van der Waals surface area contributed by atoms with Crippen LogP contribution in [0.5, 0.6) is 11.5 Å². The normalized spacial score (nSPS) is 11.6. The zero-order valence-electron chi connectivity index (χ0n) is 14.6. The smallest absolute Gasteiger partial charge is 0.261 e.